The lowest BCUT2D eigenvalue weighted by atomic mass is 9.92. The van der Waals surface area contributed by atoms with Crippen molar-refractivity contribution in [1.82, 2.24) is 19.7 Å². The van der Waals surface area contributed by atoms with Gasteiger partial charge in [0.2, 0.25) is 5.60 Å². The van der Waals surface area contributed by atoms with Gasteiger partial charge in [-0.05, 0) is 73.4 Å². The minimum Gasteiger partial charge on any atom is -0.464 e. The van der Waals surface area contributed by atoms with Crippen molar-refractivity contribution in [1.29, 1.82) is 5.26 Å². The van der Waals surface area contributed by atoms with Crippen molar-refractivity contribution >= 4 is 41.7 Å². The van der Waals surface area contributed by atoms with E-state index >= 15 is 0 Å². The molecule has 4 rings (SSSR count). The van der Waals surface area contributed by atoms with Crippen LogP contribution in [0.2, 0.25) is 36.3 Å². The maximum Gasteiger partial charge on any atom is 0.459 e. The smallest absolute Gasteiger partial charge is 0.459 e. The monoisotopic (exact) mass is 830 g/mol. The number of anilines is 1. The third kappa shape index (κ3) is 9.93. The Morgan fingerprint density at radius 3 is 2.21 bits per heavy atom. The molecule has 14 nitrogen and oxygen atoms in total. The molecule has 17 heteroatoms. The summed E-state index contributed by atoms with van der Waals surface area (Å²) in [6.07, 6.45) is 0.129. The molecular formula is C39H63N6O8PSi2. The van der Waals surface area contributed by atoms with Crippen LogP contribution >= 0.6 is 7.75 Å². The summed E-state index contributed by atoms with van der Waals surface area (Å²) in [4.78, 5) is 17.3. The molecule has 1 fully saturated rings. The fraction of sp³-hybridized carbons (Fsp3) is 0.641. The van der Waals surface area contributed by atoms with E-state index in [1.54, 1.807) is 53.9 Å². The maximum atomic E-state index is 14.8. The Labute approximate surface area is 335 Å². The van der Waals surface area contributed by atoms with Crippen LogP contribution < -0.4 is 15.3 Å². The molecule has 310 valence electrons. The number of hydrogen-bond acceptors (Lipinski definition) is 12. The highest BCUT2D eigenvalue weighted by atomic mass is 31.2. The molecule has 4 unspecified atom stereocenters. The van der Waals surface area contributed by atoms with Crippen molar-refractivity contribution in [3.63, 3.8) is 0 Å². The predicted octanol–water partition coefficient (Wildman–Crippen LogP) is 8.37. The van der Waals surface area contributed by atoms with Crippen LogP contribution in [-0.4, -0.2) is 74.8 Å². The number of carbonyl (C=O) groups is 1. The second kappa shape index (κ2) is 17.4. The Bertz CT molecular complexity index is 1890. The van der Waals surface area contributed by atoms with Gasteiger partial charge in [-0.2, -0.15) is 15.4 Å². The number of carbonyl (C=O) groups excluding carboxylic acids is 1. The van der Waals surface area contributed by atoms with E-state index in [0.29, 0.717) is 11.2 Å². The number of hydrogen-bond donors (Lipinski definition) is 2. The minimum absolute atomic E-state index is 0.203. The molecule has 0 bridgehead atoms. The number of esters is 1. The molecule has 1 aliphatic rings. The number of nitriles is 1. The third-order valence-electron chi connectivity index (χ3n) is 11.6. The van der Waals surface area contributed by atoms with Crippen molar-refractivity contribution < 1.29 is 36.7 Å². The van der Waals surface area contributed by atoms with Crippen LogP contribution in [0.3, 0.4) is 0 Å². The van der Waals surface area contributed by atoms with Crippen molar-refractivity contribution in [3.05, 3.63) is 54.5 Å². The van der Waals surface area contributed by atoms with E-state index in [2.05, 4.69) is 89.0 Å². The van der Waals surface area contributed by atoms with E-state index in [-0.39, 0.29) is 40.8 Å². The largest absolute Gasteiger partial charge is 0.464 e. The molecule has 0 amide bonds. The Hall–Kier alpha value is -3.14. The second-order valence-electron chi connectivity index (χ2n) is 17.7. The number of benzene rings is 1. The summed E-state index contributed by atoms with van der Waals surface area (Å²) >= 11 is 0. The summed E-state index contributed by atoms with van der Waals surface area (Å²) in [5.41, 5.74) is 5.32. The lowest BCUT2D eigenvalue weighted by Gasteiger charge is -2.45. The SMILES string of the molecule is CCC(CC)COC(=O)[C@H](C)NP(=O)(OCC1O[C@@](C#N)(c2ccc3c(N)ncnn23)C(O[Si](C)(C)C(C)(C)C)C1O[Si](C)(C)C(C)(C)C)Oc1ccccc1. The Morgan fingerprint density at radius 2 is 1.64 bits per heavy atom. The van der Waals surface area contributed by atoms with Gasteiger partial charge in [0.05, 0.1) is 18.9 Å². The van der Waals surface area contributed by atoms with E-state index < -0.39 is 60.3 Å². The van der Waals surface area contributed by atoms with E-state index in [4.69, 9.17) is 33.1 Å². The van der Waals surface area contributed by atoms with Gasteiger partial charge < -0.3 is 28.6 Å². The molecule has 0 aliphatic carbocycles. The first-order chi connectivity index (χ1) is 25.9. The average Bonchev–Trinajstić information content (AvgIpc) is 3.67. The summed E-state index contributed by atoms with van der Waals surface area (Å²) < 4.78 is 55.6. The first-order valence-corrected chi connectivity index (χ1v) is 26.8. The first kappa shape index (κ1) is 45.6. The molecule has 6 atom stereocenters. The molecule has 0 saturated carbocycles. The van der Waals surface area contributed by atoms with Crippen LogP contribution in [0.25, 0.3) is 5.52 Å². The van der Waals surface area contributed by atoms with Crippen LogP contribution in [0.5, 0.6) is 5.75 Å². The van der Waals surface area contributed by atoms with Gasteiger partial charge in [-0.25, -0.2) is 14.1 Å². The first-order valence-electron chi connectivity index (χ1n) is 19.4. The van der Waals surface area contributed by atoms with Gasteiger partial charge in [0.15, 0.2) is 22.5 Å². The highest BCUT2D eigenvalue weighted by Gasteiger charge is 2.63. The van der Waals surface area contributed by atoms with Gasteiger partial charge in [-0.1, -0.05) is 86.4 Å². The van der Waals surface area contributed by atoms with Crippen molar-refractivity contribution in [2.75, 3.05) is 18.9 Å². The fourth-order valence-corrected chi connectivity index (χ4v) is 9.94. The van der Waals surface area contributed by atoms with Gasteiger partial charge in [-0.3, -0.25) is 9.32 Å². The number of nitrogen functional groups attached to an aromatic ring is 1. The Morgan fingerprint density at radius 1 is 1.04 bits per heavy atom. The summed E-state index contributed by atoms with van der Waals surface area (Å²) in [6, 6.07) is 13.4. The van der Waals surface area contributed by atoms with Crippen LogP contribution in [0.1, 0.15) is 80.8 Å². The van der Waals surface area contributed by atoms with Crippen molar-refractivity contribution in [2.24, 2.45) is 5.92 Å². The normalized spacial score (nSPS) is 22.5. The van der Waals surface area contributed by atoms with Crippen molar-refractivity contribution in [2.45, 2.75) is 141 Å². The standard InChI is InChI=1S/C39H63N6O8PSi2/c1-14-28(15-2)23-48-36(46)27(3)44-54(47,51-29-19-17-16-18-20-29)49-24-31-33(52-55(10,11)37(4,5)6)34(53-56(12,13)38(7,8)9)39(25-40,50-31)32-22-21-30-35(41)42-26-43-45(30)32/h16-22,26-28,31,33-34H,14-15,23-24H2,1-13H3,(H,44,47)(H2,41,42,43)/t27-,31?,33?,34?,39-,54?/m0/s1. The molecular weight excluding hydrogens is 768 g/mol. The molecule has 3 aromatic rings. The third-order valence-corrected chi connectivity index (χ3v) is 22.2. The number of nitrogens with zero attached hydrogens (tertiary/aromatic N) is 4. The molecule has 0 radical (unpaired) electrons. The summed E-state index contributed by atoms with van der Waals surface area (Å²) in [7, 11) is -9.66. The van der Waals surface area contributed by atoms with Crippen LogP contribution in [-0.2, 0) is 37.8 Å². The Kier molecular flexibility index (Phi) is 14.1. The second-order valence-corrected chi connectivity index (χ2v) is 28.9. The number of nitrogens with two attached hydrogens (primary N) is 1. The van der Waals surface area contributed by atoms with Gasteiger partial charge in [0, 0.05) is 0 Å². The van der Waals surface area contributed by atoms with E-state index in [1.165, 1.54) is 6.33 Å². The fourth-order valence-electron chi connectivity index (χ4n) is 5.84. The van der Waals surface area contributed by atoms with E-state index in [0.717, 1.165) is 12.8 Å². The predicted molar refractivity (Wildman–Crippen MR) is 222 cm³/mol. The molecule has 1 saturated heterocycles. The molecule has 3 N–H and O–H groups in total. The van der Waals surface area contributed by atoms with Gasteiger partial charge >= 0.3 is 13.7 Å². The number of ether oxygens (including phenoxy) is 2. The average molecular weight is 831 g/mol. The van der Waals surface area contributed by atoms with Gasteiger partial charge in [-0.15, -0.1) is 0 Å². The summed E-state index contributed by atoms with van der Waals surface area (Å²) in [5, 5.41) is 18.1. The van der Waals surface area contributed by atoms with E-state index in [9.17, 15) is 14.6 Å². The summed E-state index contributed by atoms with van der Waals surface area (Å²) in [5.74, 6) is 0.0894. The minimum atomic E-state index is -4.35. The van der Waals surface area contributed by atoms with E-state index in [1.807, 2.05) is 13.8 Å². The van der Waals surface area contributed by atoms with Crippen molar-refractivity contribution in [3.8, 4) is 11.8 Å². The maximum absolute atomic E-state index is 14.8. The lowest BCUT2D eigenvalue weighted by Crippen LogP contribution is -2.56. The molecule has 2 aromatic heterocycles. The molecule has 1 aromatic carbocycles. The van der Waals surface area contributed by atoms with Crippen LogP contribution in [0.15, 0.2) is 48.8 Å². The quantitative estimate of drug-likeness (QED) is 0.0753. The number of rotatable bonds is 17. The number of fused-ring (bicyclic) bond motifs is 1. The summed E-state index contributed by atoms with van der Waals surface area (Å²) in [6.45, 7) is 26.7. The van der Waals surface area contributed by atoms with Gasteiger partial charge in [0.1, 0.15) is 48.0 Å². The number of aromatic nitrogens is 3. The Balaban J connectivity index is 1.83. The topological polar surface area (TPSA) is 182 Å². The number of nitrogens with one attached hydrogen (secondary N) is 1. The zero-order valence-electron chi connectivity index (χ0n) is 35.4. The molecule has 0 spiro atoms. The highest BCUT2D eigenvalue weighted by Crippen LogP contribution is 2.52. The van der Waals surface area contributed by atoms with Gasteiger partial charge in [0.25, 0.3) is 0 Å². The highest BCUT2D eigenvalue weighted by molar-refractivity contribution is 7.52. The molecule has 3 heterocycles. The van der Waals surface area contributed by atoms with Crippen LogP contribution in [0.4, 0.5) is 5.82 Å². The zero-order chi connectivity index (χ0) is 41.9. The molecule has 1 aliphatic heterocycles. The molecule has 56 heavy (non-hydrogen) atoms. The zero-order valence-corrected chi connectivity index (χ0v) is 38.3. The van der Waals surface area contributed by atoms with Crippen LogP contribution in [0, 0.1) is 17.2 Å². The lowest BCUT2D eigenvalue weighted by molar-refractivity contribution is -0.146. The number of para-hydroxylation sites is 1.